The third kappa shape index (κ3) is 7.76. The van der Waals surface area contributed by atoms with E-state index in [1.165, 1.54) is 6.19 Å². The van der Waals surface area contributed by atoms with E-state index >= 15 is 0 Å². The summed E-state index contributed by atoms with van der Waals surface area (Å²) in [4.78, 5) is 10.1. The molecule has 0 aliphatic heterocycles. The minimum absolute atomic E-state index is 0. The third-order valence-electron chi connectivity index (χ3n) is 0.433. The molecule has 0 aromatic heterocycles. The van der Waals surface area contributed by atoms with Crippen LogP contribution in [0.3, 0.4) is 0 Å². The van der Waals surface area contributed by atoms with E-state index in [1.807, 2.05) is 0 Å². The maximum atomic E-state index is 10.1. The molecule has 0 aliphatic rings. The summed E-state index contributed by atoms with van der Waals surface area (Å²) in [6.45, 7) is 1.95. The summed E-state index contributed by atoms with van der Waals surface area (Å²) in [6.07, 6.45) is 0.729. The van der Waals surface area contributed by atoms with Crippen molar-refractivity contribution in [3.8, 4) is 6.19 Å². The van der Waals surface area contributed by atoms with Gasteiger partial charge >= 0.3 is 35.7 Å². The minimum Gasteiger partial charge on any atom is -1.00 e. The molecule has 0 aliphatic carbocycles. The molecule has 4 nitrogen and oxygen atoms in total. The normalized spacial score (nSPS) is 6.22. The van der Waals surface area contributed by atoms with Crippen molar-refractivity contribution in [2.45, 2.75) is 6.92 Å². The minimum atomic E-state index is -0.699. The number of nitrogens with zero attached hydrogens (tertiary/aromatic N) is 1. The zero-order chi connectivity index (χ0) is 6.41. The predicted octanol–water partition coefficient (Wildman–Crippen LogP) is -2.67. The van der Waals surface area contributed by atoms with Gasteiger partial charge in [-0.2, -0.15) is 5.26 Å². The van der Waals surface area contributed by atoms with Crippen molar-refractivity contribution < 1.29 is 40.5 Å². The van der Waals surface area contributed by atoms with Crippen molar-refractivity contribution in [1.82, 2.24) is 5.32 Å². The van der Waals surface area contributed by atoms with Gasteiger partial charge in [-0.05, 0) is 6.92 Å². The van der Waals surface area contributed by atoms with Crippen LogP contribution in [0.5, 0.6) is 0 Å². The van der Waals surface area contributed by atoms with Crippen LogP contribution in [0, 0.1) is 11.5 Å². The number of hydrogen-bond acceptors (Lipinski definition) is 3. The van der Waals surface area contributed by atoms with Gasteiger partial charge in [-0.1, -0.05) is 0 Å². The average Bonchev–Trinajstić information content (AvgIpc) is 1.68. The van der Waals surface area contributed by atoms with Gasteiger partial charge in [-0.25, -0.2) is 10.1 Å². The fourth-order valence-electron chi connectivity index (χ4n) is 0.213. The van der Waals surface area contributed by atoms with Crippen molar-refractivity contribution in [2.75, 3.05) is 6.61 Å². The van der Waals surface area contributed by atoms with Gasteiger partial charge in [0.25, 0.3) is 0 Å². The summed E-state index contributed by atoms with van der Waals surface area (Å²) in [5, 5.41) is 9.59. The Labute approximate surface area is 76.9 Å². The Kier molecular flexibility index (Phi) is 9.95. The first-order chi connectivity index (χ1) is 3.81. The molecule has 5 heteroatoms. The van der Waals surface area contributed by atoms with Gasteiger partial charge in [0.1, 0.15) is 0 Å². The molecule has 0 fully saturated rings. The van der Waals surface area contributed by atoms with Crippen LogP contribution in [-0.2, 0) is 4.74 Å². The van der Waals surface area contributed by atoms with Gasteiger partial charge in [0.05, 0.1) is 6.61 Å². The number of nitrogens with one attached hydrogen (secondary N) is 1. The molecule has 0 aromatic rings. The molecular formula is C4H7N2NaO2. The molecule has 46 valence electrons. The molecule has 0 heterocycles. The molecule has 0 rings (SSSR count). The summed E-state index contributed by atoms with van der Waals surface area (Å²) in [6, 6.07) is 0. The van der Waals surface area contributed by atoms with Gasteiger partial charge in [0.15, 0.2) is 6.19 Å². The van der Waals surface area contributed by atoms with Crippen LogP contribution >= 0.6 is 0 Å². The van der Waals surface area contributed by atoms with Crippen LogP contribution in [-0.4, -0.2) is 12.7 Å². The van der Waals surface area contributed by atoms with E-state index in [0.717, 1.165) is 0 Å². The first-order valence-corrected chi connectivity index (χ1v) is 2.13. The third-order valence-corrected chi connectivity index (χ3v) is 0.433. The molecule has 9 heavy (non-hydrogen) atoms. The number of nitriles is 1. The quantitative estimate of drug-likeness (QED) is 0.244. The van der Waals surface area contributed by atoms with Crippen molar-refractivity contribution in [3.05, 3.63) is 0 Å². The van der Waals surface area contributed by atoms with Crippen molar-refractivity contribution in [1.29, 1.82) is 5.26 Å². The standard InChI is InChI=1S/C4H6N2O2.Na.H/c1-2-8-4(7)6-3-5;;/h2H2,1H3,(H,6,7);;/q;+1;-1. The molecule has 0 spiro atoms. The van der Waals surface area contributed by atoms with Gasteiger partial charge < -0.3 is 6.16 Å². The molecule has 0 saturated heterocycles. The van der Waals surface area contributed by atoms with Gasteiger partial charge in [0.2, 0.25) is 0 Å². The van der Waals surface area contributed by atoms with Gasteiger partial charge in [-0.15, -0.1) is 0 Å². The van der Waals surface area contributed by atoms with E-state index < -0.39 is 6.09 Å². The summed E-state index contributed by atoms with van der Waals surface area (Å²) >= 11 is 0. The number of carbonyl (C=O) groups excluding carboxylic acids is 1. The predicted molar refractivity (Wildman–Crippen MR) is 26.9 cm³/mol. The first-order valence-electron chi connectivity index (χ1n) is 2.13. The SMILES string of the molecule is CCOC(=O)NC#N.[H-].[Na+]. The summed E-state index contributed by atoms with van der Waals surface area (Å²) < 4.78 is 4.31. The van der Waals surface area contributed by atoms with E-state index in [1.54, 1.807) is 12.2 Å². The zero-order valence-electron chi connectivity index (χ0n) is 6.47. The molecule has 0 radical (unpaired) electrons. The van der Waals surface area contributed by atoms with Crippen molar-refractivity contribution >= 4 is 6.09 Å². The second-order valence-corrected chi connectivity index (χ2v) is 0.957. The second-order valence-electron chi connectivity index (χ2n) is 0.957. The molecule has 1 N–H and O–H groups in total. The van der Waals surface area contributed by atoms with E-state index in [-0.39, 0.29) is 37.6 Å². The topological polar surface area (TPSA) is 62.1 Å². The van der Waals surface area contributed by atoms with E-state index in [9.17, 15) is 4.79 Å². The number of hydrogen-bond donors (Lipinski definition) is 1. The average molecular weight is 138 g/mol. The Morgan fingerprint density at radius 1 is 2.00 bits per heavy atom. The number of rotatable bonds is 1. The maximum Gasteiger partial charge on any atom is 1.00 e. The Bertz CT molecular complexity index is 125. The van der Waals surface area contributed by atoms with Crippen LogP contribution in [0.15, 0.2) is 0 Å². The van der Waals surface area contributed by atoms with Crippen LogP contribution in [0.25, 0.3) is 0 Å². The van der Waals surface area contributed by atoms with Crippen molar-refractivity contribution in [3.63, 3.8) is 0 Å². The molecule has 0 bridgehead atoms. The smallest absolute Gasteiger partial charge is 1.00 e. The summed E-state index contributed by atoms with van der Waals surface area (Å²) in [5.74, 6) is 0. The van der Waals surface area contributed by atoms with E-state index in [2.05, 4.69) is 4.74 Å². The molecule has 1 amide bonds. The van der Waals surface area contributed by atoms with Crippen LogP contribution in [0.2, 0.25) is 0 Å². The van der Waals surface area contributed by atoms with E-state index in [0.29, 0.717) is 0 Å². The Morgan fingerprint density at radius 3 is 2.89 bits per heavy atom. The number of carbonyl (C=O) groups is 1. The Balaban J connectivity index is -0.000000245. The molecule has 0 atom stereocenters. The second kappa shape index (κ2) is 7.76. The largest absolute Gasteiger partial charge is 1.00 e. The van der Waals surface area contributed by atoms with E-state index in [4.69, 9.17) is 5.26 Å². The molecule has 0 unspecified atom stereocenters. The molecule has 0 aromatic carbocycles. The monoisotopic (exact) mass is 138 g/mol. The van der Waals surface area contributed by atoms with Crippen LogP contribution < -0.4 is 34.9 Å². The molecule has 0 saturated carbocycles. The van der Waals surface area contributed by atoms with Crippen LogP contribution in [0.4, 0.5) is 4.79 Å². The number of alkyl carbamates (subject to hydrolysis) is 1. The zero-order valence-corrected chi connectivity index (χ0v) is 7.47. The van der Waals surface area contributed by atoms with Crippen LogP contribution in [0.1, 0.15) is 8.35 Å². The number of amides is 1. The van der Waals surface area contributed by atoms with Gasteiger partial charge in [0, 0.05) is 0 Å². The Morgan fingerprint density at radius 2 is 2.56 bits per heavy atom. The number of ether oxygens (including phenoxy) is 1. The summed E-state index contributed by atoms with van der Waals surface area (Å²) in [5.41, 5.74) is 0. The van der Waals surface area contributed by atoms with Crippen molar-refractivity contribution in [2.24, 2.45) is 0 Å². The molecular weight excluding hydrogens is 131 g/mol. The first kappa shape index (κ1) is 11.5. The maximum absolute atomic E-state index is 10.1. The fourth-order valence-corrected chi connectivity index (χ4v) is 0.213. The van der Waals surface area contributed by atoms with Gasteiger partial charge in [-0.3, -0.25) is 0 Å². The fraction of sp³-hybridized carbons (Fsp3) is 0.500. The summed E-state index contributed by atoms with van der Waals surface area (Å²) in [7, 11) is 0. The Hall–Kier alpha value is -0.240.